The lowest BCUT2D eigenvalue weighted by Gasteiger charge is -2.12. The largest absolute Gasteiger partial charge is 0.493 e. The summed E-state index contributed by atoms with van der Waals surface area (Å²) < 4.78 is 5.78. The zero-order valence-corrected chi connectivity index (χ0v) is 13.1. The topological polar surface area (TPSA) is 21.3 Å². The molecule has 3 heteroatoms. The standard InChI is InChI=1S/C17H23NOS/c1-3-18-14(2)13-15-6-8-16(9-7-15)19-11-10-17-5-4-12-20-17/h4-9,12,14,18H,3,10-11,13H2,1-2H3. The Morgan fingerprint density at radius 1 is 1.20 bits per heavy atom. The molecule has 1 atom stereocenters. The second-order valence-corrected chi connectivity index (χ2v) is 6.02. The lowest BCUT2D eigenvalue weighted by Crippen LogP contribution is -2.27. The Balaban J connectivity index is 1.76. The van der Waals surface area contributed by atoms with Crippen LogP contribution >= 0.6 is 11.3 Å². The molecule has 2 aromatic rings. The fourth-order valence-electron chi connectivity index (χ4n) is 2.22. The number of hydrogen-bond acceptors (Lipinski definition) is 3. The minimum absolute atomic E-state index is 0.519. The van der Waals surface area contributed by atoms with Gasteiger partial charge in [0.25, 0.3) is 0 Å². The first-order chi connectivity index (χ1) is 9.78. The summed E-state index contributed by atoms with van der Waals surface area (Å²) >= 11 is 1.78. The van der Waals surface area contributed by atoms with Gasteiger partial charge in [0, 0.05) is 17.3 Å². The smallest absolute Gasteiger partial charge is 0.119 e. The van der Waals surface area contributed by atoms with Crippen LogP contribution in [0.25, 0.3) is 0 Å². The maximum Gasteiger partial charge on any atom is 0.119 e. The minimum Gasteiger partial charge on any atom is -0.493 e. The van der Waals surface area contributed by atoms with E-state index in [0.717, 1.165) is 31.7 Å². The molecule has 0 amide bonds. The zero-order chi connectivity index (χ0) is 14.2. The first-order valence-corrected chi connectivity index (χ1v) is 8.13. The highest BCUT2D eigenvalue weighted by Crippen LogP contribution is 2.15. The summed E-state index contributed by atoms with van der Waals surface area (Å²) in [6.07, 6.45) is 2.04. The van der Waals surface area contributed by atoms with Crippen LogP contribution in [0.3, 0.4) is 0 Å². The molecule has 0 aliphatic carbocycles. The van der Waals surface area contributed by atoms with Crippen molar-refractivity contribution in [2.24, 2.45) is 0 Å². The van der Waals surface area contributed by atoms with Gasteiger partial charge in [0.2, 0.25) is 0 Å². The average Bonchev–Trinajstić information content (AvgIpc) is 2.94. The first kappa shape index (κ1) is 15.1. The maximum absolute atomic E-state index is 5.78. The Hall–Kier alpha value is -1.32. The van der Waals surface area contributed by atoms with Crippen LogP contribution in [0.4, 0.5) is 0 Å². The van der Waals surface area contributed by atoms with E-state index < -0.39 is 0 Å². The summed E-state index contributed by atoms with van der Waals surface area (Å²) in [5.74, 6) is 0.960. The number of rotatable bonds is 8. The molecular weight excluding hydrogens is 266 g/mol. The number of thiophene rings is 1. The summed E-state index contributed by atoms with van der Waals surface area (Å²) in [5, 5.41) is 5.54. The lowest BCUT2D eigenvalue weighted by molar-refractivity contribution is 0.323. The molecule has 0 radical (unpaired) electrons. The van der Waals surface area contributed by atoms with E-state index in [2.05, 4.69) is 60.9 Å². The van der Waals surface area contributed by atoms with Crippen LogP contribution in [0.2, 0.25) is 0 Å². The van der Waals surface area contributed by atoms with Crippen molar-refractivity contribution in [2.45, 2.75) is 32.7 Å². The van der Waals surface area contributed by atoms with Crippen LogP contribution in [0.5, 0.6) is 5.75 Å². The van der Waals surface area contributed by atoms with E-state index in [-0.39, 0.29) is 0 Å². The van der Waals surface area contributed by atoms with Crippen LogP contribution in [-0.4, -0.2) is 19.2 Å². The number of nitrogens with one attached hydrogen (secondary N) is 1. The first-order valence-electron chi connectivity index (χ1n) is 7.25. The summed E-state index contributed by atoms with van der Waals surface area (Å²) in [7, 11) is 0. The van der Waals surface area contributed by atoms with E-state index in [1.165, 1.54) is 10.4 Å². The molecule has 0 spiro atoms. The predicted molar refractivity (Wildman–Crippen MR) is 86.8 cm³/mol. The second-order valence-electron chi connectivity index (χ2n) is 4.98. The molecule has 1 aromatic heterocycles. The van der Waals surface area contributed by atoms with Crippen molar-refractivity contribution in [3.05, 3.63) is 52.2 Å². The van der Waals surface area contributed by atoms with Gasteiger partial charge < -0.3 is 10.1 Å². The highest BCUT2D eigenvalue weighted by atomic mass is 32.1. The number of benzene rings is 1. The van der Waals surface area contributed by atoms with Gasteiger partial charge in [0.15, 0.2) is 0 Å². The van der Waals surface area contributed by atoms with Crippen molar-refractivity contribution in [3.63, 3.8) is 0 Å². The summed E-state index contributed by atoms with van der Waals surface area (Å²) in [6, 6.07) is 13.2. The summed E-state index contributed by atoms with van der Waals surface area (Å²) in [5.41, 5.74) is 1.35. The molecule has 108 valence electrons. The van der Waals surface area contributed by atoms with Crippen molar-refractivity contribution in [3.8, 4) is 5.75 Å². The van der Waals surface area contributed by atoms with Gasteiger partial charge in [-0.2, -0.15) is 0 Å². The number of hydrogen-bond donors (Lipinski definition) is 1. The van der Waals surface area contributed by atoms with E-state index in [4.69, 9.17) is 4.74 Å². The van der Waals surface area contributed by atoms with Gasteiger partial charge in [-0.3, -0.25) is 0 Å². The molecule has 1 aromatic carbocycles. The lowest BCUT2D eigenvalue weighted by atomic mass is 10.1. The molecule has 0 fully saturated rings. The van der Waals surface area contributed by atoms with Crippen molar-refractivity contribution in [1.29, 1.82) is 0 Å². The molecule has 2 nitrogen and oxygen atoms in total. The molecule has 1 unspecified atom stereocenters. The van der Waals surface area contributed by atoms with Crippen LogP contribution < -0.4 is 10.1 Å². The molecule has 1 N–H and O–H groups in total. The quantitative estimate of drug-likeness (QED) is 0.795. The van der Waals surface area contributed by atoms with E-state index in [0.29, 0.717) is 6.04 Å². The second kappa shape index (κ2) is 8.08. The zero-order valence-electron chi connectivity index (χ0n) is 12.3. The van der Waals surface area contributed by atoms with Crippen molar-refractivity contribution < 1.29 is 4.74 Å². The molecule has 1 heterocycles. The van der Waals surface area contributed by atoms with E-state index in [9.17, 15) is 0 Å². The third kappa shape index (κ3) is 4.99. The van der Waals surface area contributed by atoms with E-state index >= 15 is 0 Å². The molecule has 0 saturated heterocycles. The Bertz CT molecular complexity index is 478. The Morgan fingerprint density at radius 3 is 2.65 bits per heavy atom. The molecular formula is C17H23NOS. The molecule has 0 saturated carbocycles. The van der Waals surface area contributed by atoms with Gasteiger partial charge in [-0.05, 0) is 49.0 Å². The van der Waals surface area contributed by atoms with Crippen molar-refractivity contribution in [2.75, 3.05) is 13.2 Å². The number of likely N-dealkylation sites (N-methyl/N-ethyl adjacent to an activating group) is 1. The van der Waals surface area contributed by atoms with Crippen molar-refractivity contribution in [1.82, 2.24) is 5.32 Å². The Kier molecular flexibility index (Phi) is 6.09. The van der Waals surface area contributed by atoms with Crippen molar-refractivity contribution >= 4 is 11.3 Å². The molecule has 20 heavy (non-hydrogen) atoms. The van der Waals surface area contributed by atoms with Gasteiger partial charge in [0.05, 0.1) is 6.61 Å². The van der Waals surface area contributed by atoms with Gasteiger partial charge >= 0.3 is 0 Å². The molecule has 0 bridgehead atoms. The monoisotopic (exact) mass is 289 g/mol. The minimum atomic E-state index is 0.519. The Labute approximate surface area is 125 Å². The highest BCUT2D eigenvalue weighted by molar-refractivity contribution is 7.09. The SMILES string of the molecule is CCNC(C)Cc1ccc(OCCc2cccs2)cc1. The molecule has 0 aliphatic heterocycles. The normalized spacial score (nSPS) is 12.3. The van der Waals surface area contributed by atoms with Crippen LogP contribution in [-0.2, 0) is 12.8 Å². The molecule has 2 rings (SSSR count). The van der Waals surface area contributed by atoms with Crippen LogP contribution in [0.15, 0.2) is 41.8 Å². The fourth-order valence-corrected chi connectivity index (χ4v) is 2.91. The van der Waals surface area contributed by atoms with Gasteiger partial charge in [0.1, 0.15) is 5.75 Å². The van der Waals surface area contributed by atoms with Gasteiger partial charge in [-0.15, -0.1) is 11.3 Å². The fraction of sp³-hybridized carbons (Fsp3) is 0.412. The summed E-state index contributed by atoms with van der Waals surface area (Å²) in [6.45, 7) is 6.12. The average molecular weight is 289 g/mol. The highest BCUT2D eigenvalue weighted by Gasteiger charge is 2.02. The van der Waals surface area contributed by atoms with Gasteiger partial charge in [-0.1, -0.05) is 25.1 Å². The van der Waals surface area contributed by atoms with E-state index in [1.54, 1.807) is 11.3 Å². The molecule has 0 aliphatic rings. The van der Waals surface area contributed by atoms with Crippen LogP contribution in [0, 0.1) is 0 Å². The third-order valence-corrected chi connectivity index (χ3v) is 4.15. The Morgan fingerprint density at radius 2 is 2.00 bits per heavy atom. The third-order valence-electron chi connectivity index (χ3n) is 3.22. The predicted octanol–water partition coefficient (Wildman–Crippen LogP) is 3.91. The number of ether oxygens (including phenoxy) is 1. The van der Waals surface area contributed by atoms with Crippen LogP contribution in [0.1, 0.15) is 24.3 Å². The van der Waals surface area contributed by atoms with E-state index in [1.807, 2.05) is 0 Å². The summed E-state index contributed by atoms with van der Waals surface area (Å²) in [4.78, 5) is 1.38. The maximum atomic E-state index is 5.78. The van der Waals surface area contributed by atoms with Gasteiger partial charge in [-0.25, -0.2) is 0 Å².